The number of fused-ring (bicyclic) bond motifs is 1. The van der Waals surface area contributed by atoms with E-state index in [4.69, 9.17) is 11.6 Å². The van der Waals surface area contributed by atoms with Gasteiger partial charge < -0.3 is 4.72 Å². The summed E-state index contributed by atoms with van der Waals surface area (Å²) >= 11 is 12.2. The van der Waals surface area contributed by atoms with E-state index >= 15 is 0 Å². The van der Waals surface area contributed by atoms with Crippen molar-refractivity contribution in [2.45, 2.75) is 4.21 Å². The van der Waals surface area contributed by atoms with Crippen LogP contribution >= 0.6 is 50.8 Å². The zero-order chi connectivity index (χ0) is 15.0. The minimum absolute atomic E-state index is 0.0678. The van der Waals surface area contributed by atoms with Gasteiger partial charge in [0, 0.05) is 11.1 Å². The molecule has 0 bridgehead atoms. The smallest absolute Gasteiger partial charge is 0.212 e. The summed E-state index contributed by atoms with van der Waals surface area (Å²) in [5, 5.41) is -0.0678. The molecule has 0 unspecified atom stereocenters. The van der Waals surface area contributed by atoms with Gasteiger partial charge in [0.15, 0.2) is 0 Å². The molecule has 0 fully saturated rings. The topological polar surface area (TPSA) is 46.2 Å². The Balaban J connectivity index is 1.90. The van der Waals surface area contributed by atoms with Gasteiger partial charge in [-0.15, -0.1) is 11.3 Å². The first-order valence-electron chi connectivity index (χ1n) is 5.84. The van der Waals surface area contributed by atoms with Crippen molar-refractivity contribution in [3.63, 3.8) is 0 Å². The third-order valence-corrected chi connectivity index (χ3v) is 5.79. The van der Waals surface area contributed by atoms with Gasteiger partial charge in [0.05, 0.1) is 8.00 Å². The number of hydrogen-bond donors (Lipinski definition) is 1. The molecule has 21 heavy (non-hydrogen) atoms. The van der Waals surface area contributed by atoms with E-state index in [1.54, 1.807) is 24.3 Å². The summed E-state index contributed by atoms with van der Waals surface area (Å²) in [5.41, 5.74) is 0.860. The minimum Gasteiger partial charge on any atom is -0.320 e. The van der Waals surface area contributed by atoms with Crippen molar-refractivity contribution in [2.24, 2.45) is 0 Å². The predicted molar refractivity (Wildman–Crippen MR) is 89.0 cm³/mol. The summed E-state index contributed by atoms with van der Waals surface area (Å²) in [6.45, 7) is 0. The van der Waals surface area contributed by atoms with Crippen LogP contribution in [0.3, 0.4) is 0 Å². The molecule has 1 aromatic heterocycles. The maximum Gasteiger partial charge on any atom is 0.212 e. The number of Topliss-reactive ketones (excluding diaryl/α,β-unsaturated/α-hetero) is 2. The number of halogens is 2. The molecule has 1 aromatic carbocycles. The molecule has 0 saturated carbocycles. The molecular weight excluding hydrogens is 394 g/mol. The van der Waals surface area contributed by atoms with Crippen LogP contribution in [0.25, 0.3) is 0 Å². The maximum atomic E-state index is 12.4. The highest BCUT2D eigenvalue weighted by atomic mass is 79.9. The molecule has 2 aromatic rings. The molecule has 0 spiro atoms. The summed E-state index contributed by atoms with van der Waals surface area (Å²) in [6.07, 6.45) is 0. The highest BCUT2D eigenvalue weighted by Gasteiger charge is 2.31. The second-order valence-electron chi connectivity index (χ2n) is 4.16. The quantitative estimate of drug-likeness (QED) is 0.763. The standard InChI is InChI=1S/C14H7BrClNO2S2/c15-9-5-6-10(20-9)21-17-12-11(16)13(18)7-3-1-2-4-8(7)14(12)19/h1-6,17H. The average Bonchev–Trinajstić information content (AvgIpc) is 2.90. The van der Waals surface area contributed by atoms with E-state index in [-0.39, 0.29) is 22.3 Å². The maximum absolute atomic E-state index is 12.4. The van der Waals surface area contributed by atoms with Crippen LogP contribution in [0.4, 0.5) is 0 Å². The van der Waals surface area contributed by atoms with Gasteiger partial charge in [0.2, 0.25) is 11.6 Å². The molecule has 0 saturated heterocycles. The van der Waals surface area contributed by atoms with E-state index in [1.807, 2.05) is 12.1 Å². The minimum atomic E-state index is -0.331. The molecule has 3 nitrogen and oxygen atoms in total. The van der Waals surface area contributed by atoms with Crippen molar-refractivity contribution in [3.8, 4) is 0 Å². The lowest BCUT2D eigenvalue weighted by atomic mass is 9.93. The van der Waals surface area contributed by atoms with E-state index in [9.17, 15) is 9.59 Å². The van der Waals surface area contributed by atoms with Gasteiger partial charge in [-0.2, -0.15) is 0 Å². The lowest BCUT2D eigenvalue weighted by Crippen LogP contribution is -2.25. The number of hydrogen-bond acceptors (Lipinski definition) is 5. The van der Waals surface area contributed by atoms with Gasteiger partial charge in [-0.1, -0.05) is 35.9 Å². The summed E-state index contributed by atoms with van der Waals surface area (Å²) in [4.78, 5) is 24.6. The van der Waals surface area contributed by atoms with Crippen LogP contribution in [0.2, 0.25) is 0 Å². The molecule has 0 aliphatic heterocycles. The number of nitrogens with one attached hydrogen (secondary N) is 1. The number of carbonyl (C=O) groups is 2. The fourth-order valence-corrected chi connectivity index (χ4v) is 4.72. The first-order valence-corrected chi connectivity index (χ1v) is 8.64. The molecule has 3 rings (SSSR count). The Kier molecular flexibility index (Phi) is 4.21. The number of rotatable bonds is 3. The third kappa shape index (κ3) is 2.81. The summed E-state index contributed by atoms with van der Waals surface area (Å²) in [7, 11) is 0. The van der Waals surface area contributed by atoms with E-state index < -0.39 is 0 Å². The third-order valence-electron chi connectivity index (χ3n) is 2.86. The Bertz CT molecular complexity index is 785. The molecule has 1 heterocycles. The van der Waals surface area contributed by atoms with Crippen molar-refractivity contribution < 1.29 is 9.59 Å². The Morgan fingerprint density at radius 3 is 2.33 bits per heavy atom. The van der Waals surface area contributed by atoms with Gasteiger partial charge in [0.1, 0.15) is 10.7 Å². The molecule has 1 N–H and O–H groups in total. The van der Waals surface area contributed by atoms with Crippen molar-refractivity contribution >= 4 is 62.4 Å². The van der Waals surface area contributed by atoms with Crippen LogP contribution in [-0.2, 0) is 0 Å². The molecular formula is C14H7BrClNO2S2. The van der Waals surface area contributed by atoms with Gasteiger partial charge >= 0.3 is 0 Å². The Labute approximate surface area is 142 Å². The zero-order valence-corrected chi connectivity index (χ0v) is 14.3. The van der Waals surface area contributed by atoms with Crippen molar-refractivity contribution in [2.75, 3.05) is 0 Å². The molecule has 0 atom stereocenters. The monoisotopic (exact) mass is 399 g/mol. The molecule has 0 amide bonds. The lowest BCUT2D eigenvalue weighted by Gasteiger charge is -2.17. The average molecular weight is 401 g/mol. The van der Waals surface area contributed by atoms with Gasteiger partial charge in [-0.05, 0) is 40.0 Å². The van der Waals surface area contributed by atoms with E-state index in [2.05, 4.69) is 20.7 Å². The van der Waals surface area contributed by atoms with Gasteiger partial charge in [-0.25, -0.2) is 0 Å². The SMILES string of the molecule is O=C1C(Cl)=C(NSc2ccc(Br)s2)C(=O)c2ccccc21. The molecule has 1 aliphatic rings. The number of ketones is 2. The van der Waals surface area contributed by atoms with Crippen LogP contribution in [-0.4, -0.2) is 11.6 Å². The zero-order valence-electron chi connectivity index (χ0n) is 10.4. The first-order chi connectivity index (χ1) is 10.1. The molecule has 1 aliphatic carbocycles. The van der Waals surface area contributed by atoms with E-state index in [0.717, 1.165) is 8.00 Å². The summed E-state index contributed by atoms with van der Waals surface area (Å²) in [5.74, 6) is -0.597. The van der Waals surface area contributed by atoms with Crippen LogP contribution < -0.4 is 4.72 Å². The number of thiophene rings is 1. The van der Waals surface area contributed by atoms with Crippen LogP contribution in [0.1, 0.15) is 20.7 Å². The number of carbonyl (C=O) groups excluding carboxylic acids is 2. The van der Waals surface area contributed by atoms with Crippen LogP contribution in [0.15, 0.2) is 55.1 Å². The predicted octanol–water partition coefficient (Wildman–Crippen LogP) is 4.64. The van der Waals surface area contributed by atoms with Crippen LogP contribution in [0, 0.1) is 0 Å². The first kappa shape index (κ1) is 14.8. The molecule has 0 radical (unpaired) electrons. The fourth-order valence-electron chi connectivity index (χ4n) is 1.89. The highest BCUT2D eigenvalue weighted by molar-refractivity contribution is 9.11. The largest absolute Gasteiger partial charge is 0.320 e. The second kappa shape index (κ2) is 5.96. The Hall–Kier alpha value is -1.08. The second-order valence-corrected chi connectivity index (χ2v) is 8.10. The Morgan fingerprint density at radius 2 is 1.71 bits per heavy atom. The normalized spacial score (nSPS) is 14.4. The molecule has 106 valence electrons. The Morgan fingerprint density at radius 1 is 1.05 bits per heavy atom. The number of allylic oxidation sites excluding steroid dienone is 2. The van der Waals surface area contributed by atoms with E-state index in [1.165, 1.54) is 23.3 Å². The van der Waals surface area contributed by atoms with Gasteiger partial charge in [-0.3, -0.25) is 9.59 Å². The molecule has 7 heteroatoms. The van der Waals surface area contributed by atoms with Gasteiger partial charge in [0.25, 0.3) is 0 Å². The van der Waals surface area contributed by atoms with Crippen molar-refractivity contribution in [1.29, 1.82) is 0 Å². The van der Waals surface area contributed by atoms with Crippen LogP contribution in [0.5, 0.6) is 0 Å². The summed E-state index contributed by atoms with van der Waals surface area (Å²) < 4.78 is 4.85. The lowest BCUT2D eigenvalue weighted by molar-refractivity contribution is 0.0978. The van der Waals surface area contributed by atoms with Crippen molar-refractivity contribution in [3.05, 3.63) is 62.0 Å². The highest BCUT2D eigenvalue weighted by Crippen LogP contribution is 2.32. The fraction of sp³-hybridized carbons (Fsp3) is 0. The number of benzene rings is 1. The van der Waals surface area contributed by atoms with Crippen molar-refractivity contribution in [1.82, 2.24) is 4.72 Å². The van der Waals surface area contributed by atoms with E-state index in [0.29, 0.717) is 11.1 Å². The summed E-state index contributed by atoms with van der Waals surface area (Å²) in [6, 6.07) is 10.5.